The zero-order valence-corrected chi connectivity index (χ0v) is 10.7. The van der Waals surface area contributed by atoms with Crippen molar-refractivity contribution in [1.82, 2.24) is 10.6 Å². The molecule has 0 bridgehead atoms. The summed E-state index contributed by atoms with van der Waals surface area (Å²) in [6.45, 7) is 9.79. The van der Waals surface area contributed by atoms with E-state index in [-0.39, 0.29) is 0 Å². The summed E-state index contributed by atoms with van der Waals surface area (Å²) >= 11 is 5.21. The summed E-state index contributed by atoms with van der Waals surface area (Å²) in [5.74, 6) is 0.630. The molecular weight excluding hydrogens is 192 g/mol. The van der Waals surface area contributed by atoms with Gasteiger partial charge in [-0.25, -0.2) is 0 Å². The molecule has 0 rings (SSSR count). The smallest absolute Gasteiger partial charge is 0.166 e. The highest BCUT2D eigenvalue weighted by molar-refractivity contribution is 7.80. The Balaban J connectivity index is 3.68. The predicted octanol–water partition coefficient (Wildman–Crippen LogP) is 2.69. The van der Waals surface area contributed by atoms with Gasteiger partial charge >= 0.3 is 0 Å². The molecule has 0 radical (unpaired) electrons. The van der Waals surface area contributed by atoms with Gasteiger partial charge in [-0.05, 0) is 31.0 Å². The van der Waals surface area contributed by atoms with E-state index in [2.05, 4.69) is 38.3 Å². The lowest BCUT2D eigenvalue weighted by molar-refractivity contribution is 0.439. The van der Waals surface area contributed by atoms with Gasteiger partial charge in [-0.1, -0.05) is 34.1 Å². The van der Waals surface area contributed by atoms with E-state index < -0.39 is 0 Å². The third-order valence-corrected chi connectivity index (χ3v) is 2.64. The molecule has 0 aromatic heterocycles. The van der Waals surface area contributed by atoms with Gasteiger partial charge < -0.3 is 10.6 Å². The van der Waals surface area contributed by atoms with Crippen LogP contribution >= 0.6 is 12.2 Å². The Bertz CT molecular complexity index is 157. The number of unbranched alkanes of at least 4 members (excludes halogenated alkanes) is 1. The van der Waals surface area contributed by atoms with Crippen LogP contribution in [0.25, 0.3) is 0 Å². The van der Waals surface area contributed by atoms with Crippen LogP contribution in [0.5, 0.6) is 0 Å². The molecule has 2 nitrogen and oxygen atoms in total. The number of thiocarbonyl (C=S) groups is 1. The van der Waals surface area contributed by atoms with E-state index in [1.54, 1.807) is 0 Å². The Hall–Kier alpha value is -0.310. The molecule has 0 spiro atoms. The third kappa shape index (κ3) is 6.19. The third-order valence-electron chi connectivity index (χ3n) is 2.38. The summed E-state index contributed by atoms with van der Waals surface area (Å²) in [7, 11) is 0. The molecule has 1 unspecified atom stereocenters. The van der Waals surface area contributed by atoms with Crippen LogP contribution in [0.3, 0.4) is 0 Å². The van der Waals surface area contributed by atoms with Crippen molar-refractivity contribution >= 4 is 17.3 Å². The topological polar surface area (TPSA) is 24.1 Å². The lowest BCUT2D eigenvalue weighted by Crippen LogP contribution is -2.44. The fraction of sp³-hybridized carbons (Fsp3) is 0.909. The van der Waals surface area contributed by atoms with Gasteiger partial charge in [0, 0.05) is 12.6 Å². The molecule has 0 aromatic rings. The van der Waals surface area contributed by atoms with Crippen molar-refractivity contribution in [3.05, 3.63) is 0 Å². The number of hydrogen-bond donors (Lipinski definition) is 2. The van der Waals surface area contributed by atoms with Crippen LogP contribution in [-0.2, 0) is 0 Å². The second-order valence-corrected chi connectivity index (χ2v) is 4.42. The van der Waals surface area contributed by atoms with Gasteiger partial charge in [0.15, 0.2) is 5.11 Å². The molecule has 1 atom stereocenters. The molecule has 0 fully saturated rings. The second-order valence-electron chi connectivity index (χ2n) is 4.01. The predicted molar refractivity (Wildman–Crippen MR) is 67.6 cm³/mol. The number of nitrogens with one attached hydrogen (secondary N) is 2. The van der Waals surface area contributed by atoms with Crippen molar-refractivity contribution in [3.8, 4) is 0 Å². The maximum atomic E-state index is 5.21. The van der Waals surface area contributed by atoms with Crippen molar-refractivity contribution in [2.24, 2.45) is 5.92 Å². The zero-order valence-electron chi connectivity index (χ0n) is 9.89. The van der Waals surface area contributed by atoms with Gasteiger partial charge in [-0.15, -0.1) is 0 Å². The monoisotopic (exact) mass is 216 g/mol. The van der Waals surface area contributed by atoms with Crippen LogP contribution in [0.2, 0.25) is 0 Å². The highest BCUT2D eigenvalue weighted by Gasteiger charge is 2.10. The molecule has 0 aliphatic carbocycles. The fourth-order valence-corrected chi connectivity index (χ4v) is 1.59. The normalized spacial score (nSPS) is 12.6. The Morgan fingerprint density at radius 2 is 1.93 bits per heavy atom. The van der Waals surface area contributed by atoms with Crippen molar-refractivity contribution in [2.45, 2.75) is 53.0 Å². The maximum absolute atomic E-state index is 5.21. The molecule has 84 valence electrons. The fourth-order valence-electron chi connectivity index (χ4n) is 1.34. The van der Waals surface area contributed by atoms with Crippen LogP contribution < -0.4 is 10.6 Å². The lowest BCUT2D eigenvalue weighted by atomic mass is 10.0. The molecule has 0 saturated carbocycles. The summed E-state index contributed by atoms with van der Waals surface area (Å²) in [6.07, 6.45) is 3.50. The number of hydrogen-bond acceptors (Lipinski definition) is 1. The van der Waals surface area contributed by atoms with E-state index in [4.69, 9.17) is 12.2 Å². The summed E-state index contributed by atoms with van der Waals surface area (Å²) in [4.78, 5) is 0. The molecule has 0 aromatic carbocycles. The van der Waals surface area contributed by atoms with Crippen LogP contribution in [0.4, 0.5) is 0 Å². The van der Waals surface area contributed by atoms with Crippen molar-refractivity contribution in [1.29, 1.82) is 0 Å². The van der Waals surface area contributed by atoms with E-state index in [0.29, 0.717) is 12.0 Å². The Morgan fingerprint density at radius 3 is 2.36 bits per heavy atom. The quantitative estimate of drug-likeness (QED) is 0.527. The highest BCUT2D eigenvalue weighted by Crippen LogP contribution is 2.04. The minimum Gasteiger partial charge on any atom is -0.363 e. The SMILES string of the molecule is CCCCNC(=S)NC(CC)C(C)C. The van der Waals surface area contributed by atoms with Gasteiger partial charge in [0.05, 0.1) is 0 Å². The Kier molecular flexibility index (Phi) is 7.86. The Labute approximate surface area is 93.8 Å². The summed E-state index contributed by atoms with van der Waals surface area (Å²) in [5.41, 5.74) is 0. The van der Waals surface area contributed by atoms with Crippen LogP contribution in [0.1, 0.15) is 47.0 Å². The largest absolute Gasteiger partial charge is 0.363 e. The van der Waals surface area contributed by atoms with Gasteiger partial charge in [0.1, 0.15) is 0 Å². The van der Waals surface area contributed by atoms with Crippen LogP contribution in [0.15, 0.2) is 0 Å². The molecule has 3 heteroatoms. The van der Waals surface area contributed by atoms with E-state index in [9.17, 15) is 0 Å². The standard InChI is InChI=1S/C11H24N2S/c1-5-7-8-12-11(14)13-10(6-2)9(3)4/h9-10H,5-8H2,1-4H3,(H2,12,13,14). The van der Waals surface area contributed by atoms with Crippen molar-refractivity contribution in [3.63, 3.8) is 0 Å². The van der Waals surface area contributed by atoms with Crippen molar-refractivity contribution in [2.75, 3.05) is 6.54 Å². The molecule has 0 aliphatic rings. The van der Waals surface area contributed by atoms with Crippen LogP contribution in [-0.4, -0.2) is 17.7 Å². The van der Waals surface area contributed by atoms with E-state index in [0.717, 1.165) is 18.1 Å². The van der Waals surface area contributed by atoms with Gasteiger partial charge in [-0.3, -0.25) is 0 Å². The Morgan fingerprint density at radius 1 is 1.29 bits per heavy atom. The molecule has 2 N–H and O–H groups in total. The minimum atomic E-state index is 0.497. The van der Waals surface area contributed by atoms with E-state index in [1.165, 1.54) is 12.8 Å². The first-order valence-corrected chi connectivity index (χ1v) is 6.07. The molecule has 14 heavy (non-hydrogen) atoms. The summed E-state index contributed by atoms with van der Waals surface area (Å²) in [5, 5.41) is 7.37. The zero-order chi connectivity index (χ0) is 11.0. The molecular formula is C11H24N2S. The average Bonchev–Trinajstić information content (AvgIpc) is 2.14. The van der Waals surface area contributed by atoms with E-state index >= 15 is 0 Å². The summed E-state index contributed by atoms with van der Waals surface area (Å²) < 4.78 is 0. The first-order chi connectivity index (χ1) is 6.61. The summed E-state index contributed by atoms with van der Waals surface area (Å²) in [6, 6.07) is 0.497. The molecule has 0 heterocycles. The van der Waals surface area contributed by atoms with Crippen molar-refractivity contribution < 1.29 is 0 Å². The van der Waals surface area contributed by atoms with Gasteiger partial charge in [-0.2, -0.15) is 0 Å². The van der Waals surface area contributed by atoms with Gasteiger partial charge in [0.2, 0.25) is 0 Å². The second kappa shape index (κ2) is 8.04. The first-order valence-electron chi connectivity index (χ1n) is 5.66. The number of rotatable bonds is 6. The first kappa shape index (κ1) is 13.7. The lowest BCUT2D eigenvalue weighted by Gasteiger charge is -2.22. The molecule has 0 aliphatic heterocycles. The average molecular weight is 216 g/mol. The maximum Gasteiger partial charge on any atom is 0.166 e. The van der Waals surface area contributed by atoms with E-state index in [1.807, 2.05) is 0 Å². The molecule has 0 amide bonds. The minimum absolute atomic E-state index is 0.497. The van der Waals surface area contributed by atoms with Crippen LogP contribution in [0, 0.1) is 5.92 Å². The highest BCUT2D eigenvalue weighted by atomic mass is 32.1. The van der Waals surface area contributed by atoms with Gasteiger partial charge in [0.25, 0.3) is 0 Å². The molecule has 0 saturated heterocycles.